The van der Waals surface area contributed by atoms with E-state index < -0.39 is 0 Å². The number of benzene rings is 1. The molecule has 0 aliphatic heterocycles. The van der Waals surface area contributed by atoms with Gasteiger partial charge in [0.1, 0.15) is 5.75 Å². The number of hydrogen-bond acceptors (Lipinski definition) is 4. The lowest BCUT2D eigenvalue weighted by atomic mass is 10.2. The second kappa shape index (κ2) is 5.60. The fraction of sp³-hybridized carbons (Fsp3) is 0.385. The van der Waals surface area contributed by atoms with Gasteiger partial charge in [-0.15, -0.1) is 0 Å². The van der Waals surface area contributed by atoms with Gasteiger partial charge in [0.05, 0.1) is 5.56 Å². The molecule has 6 heteroatoms. The van der Waals surface area contributed by atoms with Crippen LogP contribution in [0.25, 0.3) is 0 Å². The Balaban J connectivity index is 1.93. The normalized spacial score (nSPS) is 21.8. The molecular formula is C13H17N3O3. The molecule has 1 aromatic carbocycles. The molecule has 1 amide bonds. The molecule has 1 aromatic rings. The minimum Gasteiger partial charge on any atom is -0.483 e. The fourth-order valence-electron chi connectivity index (χ4n) is 1.77. The number of amidine groups is 1. The van der Waals surface area contributed by atoms with Gasteiger partial charge in [0.2, 0.25) is 0 Å². The maximum absolute atomic E-state index is 11.6. The van der Waals surface area contributed by atoms with Gasteiger partial charge in [-0.1, -0.05) is 24.2 Å². The van der Waals surface area contributed by atoms with Gasteiger partial charge < -0.3 is 21.0 Å². The van der Waals surface area contributed by atoms with Crippen LogP contribution in [0.4, 0.5) is 0 Å². The highest BCUT2D eigenvalue weighted by Crippen LogP contribution is 2.28. The number of oxime groups is 1. The van der Waals surface area contributed by atoms with Crippen molar-refractivity contribution in [2.24, 2.45) is 16.8 Å². The van der Waals surface area contributed by atoms with Gasteiger partial charge in [-0.05, 0) is 24.5 Å². The predicted molar refractivity (Wildman–Crippen MR) is 70.2 cm³/mol. The average molecular weight is 263 g/mol. The third kappa shape index (κ3) is 3.37. The summed E-state index contributed by atoms with van der Waals surface area (Å²) in [5.74, 6) is 0.751. The van der Waals surface area contributed by atoms with E-state index in [0.29, 0.717) is 17.2 Å². The minimum atomic E-state index is -0.163. The van der Waals surface area contributed by atoms with Crippen molar-refractivity contribution in [3.63, 3.8) is 0 Å². The topological polar surface area (TPSA) is 96.9 Å². The summed E-state index contributed by atoms with van der Waals surface area (Å²) >= 11 is 0. The van der Waals surface area contributed by atoms with E-state index in [-0.39, 0.29) is 24.4 Å². The smallest absolute Gasteiger partial charge is 0.258 e. The van der Waals surface area contributed by atoms with Crippen LogP contribution in [0.5, 0.6) is 5.75 Å². The van der Waals surface area contributed by atoms with E-state index in [1.165, 1.54) is 0 Å². The molecule has 1 aliphatic rings. The molecule has 4 N–H and O–H groups in total. The number of nitrogens with one attached hydrogen (secondary N) is 1. The lowest BCUT2D eigenvalue weighted by molar-refractivity contribution is -0.123. The van der Waals surface area contributed by atoms with Crippen molar-refractivity contribution in [2.75, 3.05) is 6.61 Å². The quantitative estimate of drug-likeness (QED) is 0.315. The Bertz CT molecular complexity index is 502. The number of rotatable bonds is 5. The first-order valence-electron chi connectivity index (χ1n) is 6.11. The Morgan fingerprint density at radius 2 is 2.26 bits per heavy atom. The van der Waals surface area contributed by atoms with Crippen LogP contribution in [0.1, 0.15) is 18.9 Å². The zero-order valence-corrected chi connectivity index (χ0v) is 10.7. The Kier molecular flexibility index (Phi) is 3.89. The molecule has 1 saturated carbocycles. The molecule has 0 spiro atoms. The number of para-hydroxylation sites is 1. The van der Waals surface area contributed by atoms with Crippen molar-refractivity contribution in [3.8, 4) is 5.75 Å². The first-order valence-corrected chi connectivity index (χ1v) is 6.11. The van der Waals surface area contributed by atoms with E-state index in [1.54, 1.807) is 24.3 Å². The Morgan fingerprint density at radius 3 is 2.89 bits per heavy atom. The lowest BCUT2D eigenvalue weighted by Gasteiger charge is -2.10. The molecule has 0 saturated heterocycles. The number of carbonyl (C=O) groups excluding carboxylic acids is 1. The van der Waals surface area contributed by atoms with Crippen molar-refractivity contribution in [1.82, 2.24) is 5.32 Å². The van der Waals surface area contributed by atoms with Gasteiger partial charge >= 0.3 is 0 Å². The van der Waals surface area contributed by atoms with Crippen LogP contribution in [0.3, 0.4) is 0 Å². The Hall–Kier alpha value is -2.24. The van der Waals surface area contributed by atoms with Crippen molar-refractivity contribution < 1.29 is 14.7 Å². The molecule has 2 rings (SSSR count). The molecule has 0 radical (unpaired) electrons. The van der Waals surface area contributed by atoms with Crippen molar-refractivity contribution in [1.29, 1.82) is 0 Å². The molecular weight excluding hydrogens is 246 g/mol. The van der Waals surface area contributed by atoms with Crippen LogP contribution in [-0.4, -0.2) is 29.6 Å². The Labute approximate surface area is 111 Å². The van der Waals surface area contributed by atoms with E-state index in [9.17, 15) is 4.79 Å². The maximum atomic E-state index is 11.6. The summed E-state index contributed by atoms with van der Waals surface area (Å²) in [6.45, 7) is 2.00. The van der Waals surface area contributed by atoms with E-state index in [1.807, 2.05) is 0 Å². The number of nitrogens with two attached hydrogens (primary N) is 1. The molecule has 0 heterocycles. The van der Waals surface area contributed by atoms with Gasteiger partial charge in [0.15, 0.2) is 12.4 Å². The van der Waals surface area contributed by atoms with E-state index in [4.69, 9.17) is 15.7 Å². The third-order valence-corrected chi connectivity index (χ3v) is 3.09. The molecule has 0 aromatic heterocycles. The Morgan fingerprint density at radius 1 is 1.58 bits per heavy atom. The van der Waals surface area contributed by atoms with Gasteiger partial charge in [-0.2, -0.15) is 0 Å². The highest BCUT2D eigenvalue weighted by Gasteiger charge is 2.33. The van der Waals surface area contributed by atoms with E-state index >= 15 is 0 Å². The highest BCUT2D eigenvalue weighted by atomic mass is 16.5. The summed E-state index contributed by atoms with van der Waals surface area (Å²) in [6.07, 6.45) is 1.02. The third-order valence-electron chi connectivity index (χ3n) is 3.09. The zero-order chi connectivity index (χ0) is 13.8. The number of amides is 1. The molecule has 2 atom stereocenters. The van der Waals surface area contributed by atoms with Crippen molar-refractivity contribution in [2.45, 2.75) is 19.4 Å². The monoisotopic (exact) mass is 263 g/mol. The number of carbonyl (C=O) groups is 1. The van der Waals surface area contributed by atoms with Crippen LogP contribution in [0.15, 0.2) is 29.4 Å². The van der Waals surface area contributed by atoms with E-state index in [0.717, 1.165) is 6.42 Å². The standard InChI is InChI=1S/C13H17N3O3/c1-8-6-10(8)15-12(17)7-19-11-5-3-2-4-9(11)13(14)16-18/h2-5,8,10,18H,6-7H2,1H3,(H2,14,16)(H,15,17). The fourth-order valence-corrected chi connectivity index (χ4v) is 1.77. The SMILES string of the molecule is CC1CC1NC(=O)COc1ccccc1C(N)=NO. The van der Waals surface area contributed by atoms with Crippen LogP contribution in [0.2, 0.25) is 0 Å². The zero-order valence-electron chi connectivity index (χ0n) is 10.7. The summed E-state index contributed by atoms with van der Waals surface area (Å²) < 4.78 is 5.40. The summed E-state index contributed by atoms with van der Waals surface area (Å²) in [6, 6.07) is 7.10. The predicted octanol–water partition coefficient (Wildman–Crippen LogP) is 0.684. The first kappa shape index (κ1) is 13.2. The maximum Gasteiger partial charge on any atom is 0.258 e. The molecule has 2 unspecified atom stereocenters. The second-order valence-corrected chi connectivity index (χ2v) is 4.66. The van der Waals surface area contributed by atoms with Crippen LogP contribution in [0, 0.1) is 5.92 Å². The van der Waals surface area contributed by atoms with Crippen LogP contribution < -0.4 is 15.8 Å². The van der Waals surface area contributed by atoms with E-state index in [2.05, 4.69) is 17.4 Å². The first-order chi connectivity index (χ1) is 9.11. The minimum absolute atomic E-state index is 0.0492. The molecule has 1 fully saturated rings. The van der Waals surface area contributed by atoms with Crippen LogP contribution in [-0.2, 0) is 4.79 Å². The number of hydrogen-bond donors (Lipinski definition) is 3. The highest BCUT2D eigenvalue weighted by molar-refractivity contribution is 5.99. The number of nitrogens with zero attached hydrogens (tertiary/aromatic N) is 1. The summed E-state index contributed by atoms with van der Waals surface area (Å²) in [5.41, 5.74) is 5.99. The summed E-state index contributed by atoms with van der Waals surface area (Å²) in [7, 11) is 0. The van der Waals surface area contributed by atoms with Gasteiger partial charge in [-0.3, -0.25) is 4.79 Å². The summed E-state index contributed by atoms with van der Waals surface area (Å²) in [4.78, 5) is 11.6. The van der Waals surface area contributed by atoms with Gasteiger partial charge in [-0.25, -0.2) is 0 Å². The largest absolute Gasteiger partial charge is 0.483 e. The molecule has 6 nitrogen and oxygen atoms in total. The molecule has 1 aliphatic carbocycles. The van der Waals surface area contributed by atoms with Crippen molar-refractivity contribution in [3.05, 3.63) is 29.8 Å². The average Bonchev–Trinajstić information content (AvgIpc) is 3.11. The molecule has 19 heavy (non-hydrogen) atoms. The summed E-state index contributed by atoms with van der Waals surface area (Å²) in [5, 5.41) is 14.5. The second-order valence-electron chi connectivity index (χ2n) is 4.66. The van der Waals surface area contributed by atoms with Gasteiger partial charge in [0.25, 0.3) is 5.91 Å². The number of ether oxygens (including phenoxy) is 1. The van der Waals surface area contributed by atoms with Crippen LogP contribution >= 0.6 is 0 Å². The molecule has 0 bridgehead atoms. The van der Waals surface area contributed by atoms with Crippen molar-refractivity contribution >= 4 is 11.7 Å². The van der Waals surface area contributed by atoms with Gasteiger partial charge in [0, 0.05) is 6.04 Å². The lowest BCUT2D eigenvalue weighted by Crippen LogP contribution is -2.31. The molecule has 102 valence electrons.